The molecule has 0 unspecified atom stereocenters. The number of hydrogen-bond donors (Lipinski definition) is 0. The Morgan fingerprint density at radius 2 is 1.74 bits per heavy atom. The third-order valence-electron chi connectivity index (χ3n) is 3.23. The second-order valence-electron chi connectivity index (χ2n) is 4.96. The maximum atomic E-state index is 11.9. The summed E-state index contributed by atoms with van der Waals surface area (Å²) in [6.07, 6.45) is 4.06. The van der Waals surface area contributed by atoms with Crippen molar-refractivity contribution in [3.05, 3.63) is 53.3 Å². The average Bonchev–Trinajstić information content (AvgIpc) is 2.54. The van der Waals surface area contributed by atoms with Crippen LogP contribution in [0.25, 0.3) is 0 Å². The lowest BCUT2D eigenvalue weighted by molar-refractivity contribution is -0.134. The van der Waals surface area contributed by atoms with Gasteiger partial charge in [0.05, 0.1) is 19.8 Å². The SMILES string of the molecule is C=C/C(=C\CCC(=O)Oc1c(C)cc(C(=O)OC)cc1C)OC. The van der Waals surface area contributed by atoms with E-state index in [1.165, 1.54) is 7.11 Å². The molecule has 0 aromatic heterocycles. The molecule has 0 radical (unpaired) electrons. The van der Waals surface area contributed by atoms with E-state index < -0.39 is 5.97 Å². The van der Waals surface area contributed by atoms with Crippen molar-refractivity contribution in [2.45, 2.75) is 26.7 Å². The number of carbonyl (C=O) groups excluding carboxylic acids is 2. The first-order valence-electron chi connectivity index (χ1n) is 7.19. The van der Waals surface area contributed by atoms with E-state index in [0.717, 1.165) is 0 Å². The summed E-state index contributed by atoms with van der Waals surface area (Å²) in [5.74, 6) is 0.323. The quantitative estimate of drug-likeness (QED) is 0.333. The number of benzene rings is 1. The van der Waals surface area contributed by atoms with Crippen LogP contribution in [0.2, 0.25) is 0 Å². The summed E-state index contributed by atoms with van der Waals surface area (Å²) in [6, 6.07) is 3.28. The van der Waals surface area contributed by atoms with Gasteiger partial charge in [-0.05, 0) is 55.7 Å². The molecule has 0 aliphatic carbocycles. The number of allylic oxidation sites excluding steroid dienone is 2. The van der Waals surface area contributed by atoms with E-state index in [1.807, 2.05) is 0 Å². The van der Waals surface area contributed by atoms with Crippen molar-refractivity contribution in [2.24, 2.45) is 0 Å². The Hall–Kier alpha value is -2.56. The summed E-state index contributed by atoms with van der Waals surface area (Å²) in [6.45, 7) is 7.16. The van der Waals surface area contributed by atoms with Gasteiger partial charge in [0.2, 0.25) is 0 Å². The topological polar surface area (TPSA) is 61.8 Å². The van der Waals surface area contributed by atoms with Crippen LogP contribution in [0.5, 0.6) is 5.75 Å². The molecule has 0 amide bonds. The van der Waals surface area contributed by atoms with E-state index >= 15 is 0 Å². The maximum Gasteiger partial charge on any atom is 0.337 e. The first kappa shape index (κ1) is 18.5. The minimum atomic E-state index is -0.421. The number of rotatable bonds is 7. The molecule has 5 nitrogen and oxygen atoms in total. The molecule has 124 valence electrons. The molecule has 0 saturated carbocycles. The number of hydrogen-bond acceptors (Lipinski definition) is 5. The minimum absolute atomic E-state index is 0.221. The van der Waals surface area contributed by atoms with Crippen molar-refractivity contribution in [1.29, 1.82) is 0 Å². The average molecular weight is 318 g/mol. The van der Waals surface area contributed by atoms with Gasteiger partial charge in [-0.1, -0.05) is 6.58 Å². The Labute approximate surface area is 136 Å². The number of esters is 2. The molecule has 0 spiro atoms. The Bertz CT molecular complexity index is 605. The lowest BCUT2D eigenvalue weighted by atomic mass is 10.1. The van der Waals surface area contributed by atoms with Crippen LogP contribution in [0.15, 0.2) is 36.6 Å². The smallest absolute Gasteiger partial charge is 0.337 e. The van der Waals surface area contributed by atoms with E-state index in [4.69, 9.17) is 14.2 Å². The second kappa shape index (κ2) is 8.78. The Morgan fingerprint density at radius 1 is 1.13 bits per heavy atom. The van der Waals surface area contributed by atoms with Gasteiger partial charge >= 0.3 is 11.9 Å². The van der Waals surface area contributed by atoms with E-state index in [2.05, 4.69) is 6.58 Å². The Kier molecular flexibility index (Phi) is 7.06. The van der Waals surface area contributed by atoms with E-state index in [1.54, 1.807) is 45.2 Å². The lowest BCUT2D eigenvalue weighted by Crippen LogP contribution is -2.10. The molecule has 1 aromatic carbocycles. The minimum Gasteiger partial charge on any atom is -0.497 e. The molecule has 0 atom stereocenters. The lowest BCUT2D eigenvalue weighted by Gasteiger charge is -2.12. The summed E-state index contributed by atoms with van der Waals surface area (Å²) in [5, 5.41) is 0. The highest BCUT2D eigenvalue weighted by Gasteiger charge is 2.14. The van der Waals surface area contributed by atoms with Crippen LogP contribution < -0.4 is 4.74 Å². The van der Waals surface area contributed by atoms with Crippen LogP contribution in [0.3, 0.4) is 0 Å². The van der Waals surface area contributed by atoms with Crippen LogP contribution in [0.1, 0.15) is 34.3 Å². The van der Waals surface area contributed by atoms with Crippen LogP contribution >= 0.6 is 0 Å². The zero-order chi connectivity index (χ0) is 17.4. The molecule has 0 aliphatic heterocycles. The van der Waals surface area contributed by atoms with Gasteiger partial charge in [-0.2, -0.15) is 0 Å². The van der Waals surface area contributed by atoms with Crippen molar-refractivity contribution in [1.82, 2.24) is 0 Å². The zero-order valence-corrected chi connectivity index (χ0v) is 14.0. The van der Waals surface area contributed by atoms with Crippen molar-refractivity contribution >= 4 is 11.9 Å². The molecule has 0 aliphatic rings. The molecule has 5 heteroatoms. The fraction of sp³-hybridized carbons (Fsp3) is 0.333. The van der Waals surface area contributed by atoms with Gasteiger partial charge in [-0.25, -0.2) is 4.79 Å². The summed E-state index contributed by atoms with van der Waals surface area (Å²) in [5.41, 5.74) is 1.84. The van der Waals surface area contributed by atoms with Crippen molar-refractivity contribution < 1.29 is 23.8 Å². The van der Waals surface area contributed by atoms with E-state index in [0.29, 0.717) is 34.6 Å². The number of ether oxygens (including phenoxy) is 3. The van der Waals surface area contributed by atoms with Crippen molar-refractivity contribution in [3.63, 3.8) is 0 Å². The van der Waals surface area contributed by atoms with E-state index in [-0.39, 0.29) is 12.4 Å². The molecule has 0 bridgehead atoms. The van der Waals surface area contributed by atoms with Crippen molar-refractivity contribution in [3.8, 4) is 5.75 Å². The number of aryl methyl sites for hydroxylation is 2. The van der Waals surface area contributed by atoms with Gasteiger partial charge < -0.3 is 14.2 Å². The molecule has 0 heterocycles. The van der Waals surface area contributed by atoms with Crippen LogP contribution in [-0.2, 0) is 14.3 Å². The standard InChI is InChI=1S/C18H22O5/c1-6-15(21-4)8-7-9-16(19)23-17-12(2)10-14(11-13(17)3)18(20)22-5/h6,8,10-11H,1,7,9H2,2-5H3/b15-8+. The molecule has 1 rings (SSSR count). The normalized spacial score (nSPS) is 10.9. The number of methoxy groups -OCH3 is 2. The first-order chi connectivity index (χ1) is 10.9. The zero-order valence-electron chi connectivity index (χ0n) is 14.0. The van der Waals surface area contributed by atoms with Gasteiger partial charge in [0.1, 0.15) is 11.5 Å². The Balaban J connectivity index is 2.77. The van der Waals surface area contributed by atoms with Gasteiger partial charge in [0.25, 0.3) is 0 Å². The molecule has 1 aromatic rings. The number of carbonyl (C=O) groups is 2. The Morgan fingerprint density at radius 3 is 2.22 bits per heavy atom. The second-order valence-corrected chi connectivity index (χ2v) is 4.96. The summed E-state index contributed by atoms with van der Waals surface area (Å²) in [7, 11) is 2.87. The van der Waals surface area contributed by atoms with Crippen LogP contribution in [0.4, 0.5) is 0 Å². The molecule has 0 fully saturated rings. The van der Waals surface area contributed by atoms with Crippen molar-refractivity contribution in [2.75, 3.05) is 14.2 Å². The molecule has 23 heavy (non-hydrogen) atoms. The molecular formula is C18H22O5. The molecular weight excluding hydrogens is 296 g/mol. The molecule has 0 saturated heterocycles. The summed E-state index contributed by atoms with van der Waals surface area (Å²) in [4.78, 5) is 23.5. The molecule has 0 N–H and O–H groups in total. The van der Waals surface area contributed by atoms with Crippen LogP contribution in [0, 0.1) is 13.8 Å². The van der Waals surface area contributed by atoms with Gasteiger partial charge in [-0.3, -0.25) is 4.79 Å². The monoisotopic (exact) mass is 318 g/mol. The highest BCUT2D eigenvalue weighted by molar-refractivity contribution is 5.90. The predicted molar refractivity (Wildman–Crippen MR) is 87.4 cm³/mol. The van der Waals surface area contributed by atoms with Crippen LogP contribution in [-0.4, -0.2) is 26.2 Å². The predicted octanol–water partition coefficient (Wildman–Crippen LogP) is 3.49. The maximum absolute atomic E-state index is 11.9. The highest BCUT2D eigenvalue weighted by atomic mass is 16.5. The summed E-state index contributed by atoms with van der Waals surface area (Å²) >= 11 is 0. The fourth-order valence-electron chi connectivity index (χ4n) is 2.09. The summed E-state index contributed by atoms with van der Waals surface area (Å²) < 4.78 is 15.1. The first-order valence-corrected chi connectivity index (χ1v) is 7.19. The highest BCUT2D eigenvalue weighted by Crippen LogP contribution is 2.25. The van der Waals surface area contributed by atoms with Gasteiger partial charge in [0, 0.05) is 6.42 Å². The third-order valence-corrected chi connectivity index (χ3v) is 3.23. The van der Waals surface area contributed by atoms with Gasteiger partial charge in [0.15, 0.2) is 0 Å². The largest absolute Gasteiger partial charge is 0.497 e. The fourth-order valence-corrected chi connectivity index (χ4v) is 2.09. The van der Waals surface area contributed by atoms with E-state index in [9.17, 15) is 9.59 Å². The van der Waals surface area contributed by atoms with Gasteiger partial charge in [-0.15, -0.1) is 0 Å². The third kappa shape index (κ3) is 5.29.